The van der Waals surface area contributed by atoms with E-state index in [1.54, 1.807) is 0 Å². The summed E-state index contributed by atoms with van der Waals surface area (Å²) in [6.07, 6.45) is 0.906. The number of hydrogen-bond donors (Lipinski definition) is 0. The van der Waals surface area contributed by atoms with Crippen LogP contribution in [0.2, 0.25) is 0 Å². The van der Waals surface area contributed by atoms with Crippen molar-refractivity contribution in [2.45, 2.75) is 6.42 Å². The van der Waals surface area contributed by atoms with Gasteiger partial charge in [-0.2, -0.15) is 0 Å². The van der Waals surface area contributed by atoms with Gasteiger partial charge >= 0.3 is 0 Å². The minimum Gasteiger partial charge on any atom is -0.455 e. The Labute approximate surface area is 260 Å². The number of furan rings is 2. The lowest BCUT2D eigenvalue weighted by Gasteiger charge is -2.08. The highest BCUT2D eigenvalue weighted by molar-refractivity contribution is 6.21. The van der Waals surface area contributed by atoms with Crippen molar-refractivity contribution in [3.8, 4) is 33.4 Å². The molecule has 9 rings (SSSR count). The summed E-state index contributed by atoms with van der Waals surface area (Å²) in [5.74, 6) is 0. The number of hydrogen-bond acceptors (Lipinski definition) is 2. The SMILES string of the molecule is c1ccc(-c2ccc(Cc3ccc(-c4ccc(-c5c6oc7ccccc7c6cc6c5oc5ccccc56)cc4)cc3)cc2)cc1. The van der Waals surface area contributed by atoms with Crippen LogP contribution in [0.1, 0.15) is 11.1 Å². The maximum atomic E-state index is 6.49. The van der Waals surface area contributed by atoms with Gasteiger partial charge in [-0.1, -0.05) is 140 Å². The molecule has 2 nitrogen and oxygen atoms in total. The lowest BCUT2D eigenvalue weighted by molar-refractivity contribution is 0.658. The van der Waals surface area contributed by atoms with E-state index < -0.39 is 0 Å². The van der Waals surface area contributed by atoms with Crippen LogP contribution in [0.15, 0.2) is 167 Å². The van der Waals surface area contributed by atoms with Crippen LogP contribution < -0.4 is 0 Å². The fourth-order valence-corrected chi connectivity index (χ4v) is 6.62. The molecule has 2 heteroatoms. The van der Waals surface area contributed by atoms with E-state index in [9.17, 15) is 0 Å². The first kappa shape index (κ1) is 25.6. The van der Waals surface area contributed by atoms with Crippen LogP contribution in [0, 0.1) is 0 Å². The lowest BCUT2D eigenvalue weighted by atomic mass is 9.95. The zero-order chi connectivity index (χ0) is 29.7. The van der Waals surface area contributed by atoms with E-state index in [0.717, 1.165) is 61.4 Å². The minimum atomic E-state index is 0.858. The average molecular weight is 577 g/mol. The van der Waals surface area contributed by atoms with Gasteiger partial charge in [0.1, 0.15) is 22.3 Å². The summed E-state index contributed by atoms with van der Waals surface area (Å²) < 4.78 is 13.0. The quantitative estimate of drug-likeness (QED) is 0.204. The van der Waals surface area contributed by atoms with Crippen molar-refractivity contribution in [2.24, 2.45) is 0 Å². The molecule has 0 saturated heterocycles. The molecular weight excluding hydrogens is 548 g/mol. The van der Waals surface area contributed by atoms with Crippen molar-refractivity contribution in [1.29, 1.82) is 0 Å². The molecule has 0 N–H and O–H groups in total. The second-order valence-electron chi connectivity index (χ2n) is 11.7. The molecule has 0 spiro atoms. The van der Waals surface area contributed by atoms with Gasteiger partial charge in [-0.25, -0.2) is 0 Å². The molecule has 0 aliphatic rings. The third-order valence-electron chi connectivity index (χ3n) is 8.94. The molecule has 7 aromatic carbocycles. The van der Waals surface area contributed by atoms with E-state index in [0.29, 0.717) is 0 Å². The van der Waals surface area contributed by atoms with E-state index in [1.165, 1.54) is 33.4 Å². The van der Waals surface area contributed by atoms with Gasteiger partial charge in [0.2, 0.25) is 0 Å². The van der Waals surface area contributed by atoms with Gasteiger partial charge in [-0.3, -0.25) is 0 Å². The highest BCUT2D eigenvalue weighted by atomic mass is 16.3. The van der Waals surface area contributed by atoms with Crippen LogP contribution in [0.5, 0.6) is 0 Å². The van der Waals surface area contributed by atoms with Gasteiger partial charge in [0.25, 0.3) is 0 Å². The predicted octanol–water partition coefficient (Wildman–Crippen LogP) is 12.1. The van der Waals surface area contributed by atoms with Crippen molar-refractivity contribution in [3.05, 3.63) is 169 Å². The van der Waals surface area contributed by atoms with Crippen LogP contribution in [0.25, 0.3) is 77.3 Å². The Balaban J connectivity index is 1.04. The molecular formula is C43H28O2. The van der Waals surface area contributed by atoms with E-state index in [1.807, 2.05) is 24.3 Å². The lowest BCUT2D eigenvalue weighted by Crippen LogP contribution is -1.89. The van der Waals surface area contributed by atoms with Gasteiger partial charge in [-0.05, 0) is 63.6 Å². The van der Waals surface area contributed by atoms with Crippen LogP contribution in [0.3, 0.4) is 0 Å². The predicted molar refractivity (Wildman–Crippen MR) is 187 cm³/mol. The standard InChI is InChI=1S/C43H28O2/c1-2-8-30(9-3-1)31-18-14-28(15-19-31)26-29-16-20-32(21-17-29)33-22-24-34(25-23-33)41-42-37(35-10-4-6-12-39(35)44-42)27-38-36-11-5-7-13-40(36)45-43(38)41/h1-25,27H,26H2. The maximum Gasteiger partial charge on any atom is 0.147 e. The van der Waals surface area contributed by atoms with Gasteiger partial charge in [0.05, 0.1) is 5.56 Å². The zero-order valence-electron chi connectivity index (χ0n) is 24.5. The molecule has 0 unspecified atom stereocenters. The van der Waals surface area contributed by atoms with Gasteiger partial charge in [0, 0.05) is 21.5 Å². The Bertz CT molecular complexity index is 2370. The van der Waals surface area contributed by atoms with E-state index >= 15 is 0 Å². The molecule has 0 amide bonds. The first-order valence-electron chi connectivity index (χ1n) is 15.4. The van der Waals surface area contributed by atoms with E-state index in [2.05, 4.69) is 133 Å². The largest absolute Gasteiger partial charge is 0.455 e. The number of rotatable bonds is 5. The summed E-state index contributed by atoms with van der Waals surface area (Å²) in [6, 6.07) is 55.8. The molecule has 0 atom stereocenters. The fourth-order valence-electron chi connectivity index (χ4n) is 6.62. The fraction of sp³-hybridized carbons (Fsp3) is 0.0233. The van der Waals surface area contributed by atoms with Crippen molar-refractivity contribution in [1.82, 2.24) is 0 Å². The smallest absolute Gasteiger partial charge is 0.147 e. The van der Waals surface area contributed by atoms with Crippen molar-refractivity contribution < 1.29 is 8.83 Å². The molecule has 0 fully saturated rings. The summed E-state index contributed by atoms with van der Waals surface area (Å²) in [6.45, 7) is 0. The van der Waals surface area contributed by atoms with Gasteiger partial charge < -0.3 is 8.83 Å². The first-order chi connectivity index (χ1) is 22.3. The van der Waals surface area contributed by atoms with Gasteiger partial charge in [0.15, 0.2) is 0 Å². The second-order valence-corrected chi connectivity index (χ2v) is 11.7. The highest BCUT2D eigenvalue weighted by Gasteiger charge is 2.20. The molecule has 0 aliphatic heterocycles. The van der Waals surface area contributed by atoms with Crippen LogP contribution in [0.4, 0.5) is 0 Å². The summed E-state index contributed by atoms with van der Waals surface area (Å²) in [5.41, 5.74) is 13.0. The zero-order valence-corrected chi connectivity index (χ0v) is 24.5. The molecule has 0 radical (unpaired) electrons. The molecule has 2 heterocycles. The summed E-state index contributed by atoms with van der Waals surface area (Å²) in [5, 5.41) is 4.44. The third-order valence-corrected chi connectivity index (χ3v) is 8.94. The number of fused-ring (bicyclic) bond motifs is 6. The summed E-state index contributed by atoms with van der Waals surface area (Å²) >= 11 is 0. The highest BCUT2D eigenvalue weighted by Crippen LogP contribution is 2.44. The Morgan fingerprint density at radius 2 is 0.733 bits per heavy atom. The van der Waals surface area contributed by atoms with Crippen LogP contribution in [-0.2, 0) is 6.42 Å². The minimum absolute atomic E-state index is 0.858. The molecule has 2 aromatic heterocycles. The molecule has 0 aliphatic carbocycles. The topological polar surface area (TPSA) is 26.3 Å². The first-order valence-corrected chi connectivity index (χ1v) is 15.4. The molecule has 45 heavy (non-hydrogen) atoms. The Morgan fingerprint density at radius 1 is 0.333 bits per heavy atom. The van der Waals surface area contributed by atoms with Gasteiger partial charge in [-0.15, -0.1) is 0 Å². The molecule has 9 aromatic rings. The molecule has 0 bridgehead atoms. The second kappa shape index (κ2) is 10.4. The third kappa shape index (κ3) is 4.42. The average Bonchev–Trinajstić information content (AvgIpc) is 3.67. The monoisotopic (exact) mass is 576 g/mol. The normalized spacial score (nSPS) is 11.6. The Hall–Kier alpha value is -5.86. The molecule has 212 valence electrons. The van der Waals surface area contributed by atoms with E-state index in [-0.39, 0.29) is 0 Å². The Kier molecular flexibility index (Phi) is 5.92. The molecule has 0 saturated carbocycles. The number of para-hydroxylation sites is 2. The van der Waals surface area contributed by atoms with E-state index in [4.69, 9.17) is 8.83 Å². The maximum absolute atomic E-state index is 6.49. The van der Waals surface area contributed by atoms with Crippen molar-refractivity contribution >= 4 is 43.9 Å². The van der Waals surface area contributed by atoms with Crippen LogP contribution in [-0.4, -0.2) is 0 Å². The van der Waals surface area contributed by atoms with Crippen LogP contribution >= 0.6 is 0 Å². The van der Waals surface area contributed by atoms with Crippen molar-refractivity contribution in [3.63, 3.8) is 0 Å². The number of benzene rings is 7. The van der Waals surface area contributed by atoms with Crippen molar-refractivity contribution in [2.75, 3.05) is 0 Å². The summed E-state index contributed by atoms with van der Waals surface area (Å²) in [4.78, 5) is 0. The summed E-state index contributed by atoms with van der Waals surface area (Å²) in [7, 11) is 0. The Morgan fingerprint density at radius 3 is 1.24 bits per heavy atom.